The lowest BCUT2D eigenvalue weighted by atomic mass is 10.2. The van der Waals surface area contributed by atoms with Crippen LogP contribution in [0.2, 0.25) is 15.1 Å². The highest BCUT2D eigenvalue weighted by Gasteiger charge is 2.16. The van der Waals surface area contributed by atoms with Gasteiger partial charge in [-0.25, -0.2) is 9.97 Å². The van der Waals surface area contributed by atoms with Crippen LogP contribution in [0.25, 0.3) is 11.0 Å². The van der Waals surface area contributed by atoms with Crippen molar-refractivity contribution in [3.05, 3.63) is 75.4 Å². The fourth-order valence-corrected chi connectivity index (χ4v) is 3.76. The van der Waals surface area contributed by atoms with Gasteiger partial charge in [0.05, 0.1) is 26.8 Å². The molecule has 0 unspecified atom stereocenters. The van der Waals surface area contributed by atoms with Crippen molar-refractivity contribution in [3.63, 3.8) is 0 Å². The molecule has 2 aromatic heterocycles. The predicted molar refractivity (Wildman–Crippen MR) is 141 cm³/mol. The van der Waals surface area contributed by atoms with E-state index in [1.54, 1.807) is 48.7 Å². The highest BCUT2D eigenvalue weighted by atomic mass is 35.5. The Kier molecular flexibility index (Phi) is 8.82. The number of imidazole rings is 1. The number of hydrogen-bond acceptors (Lipinski definition) is 6. The van der Waals surface area contributed by atoms with Crippen LogP contribution in [0.5, 0.6) is 0 Å². The molecule has 0 spiro atoms. The number of carbonyl (C=O) groups excluding carboxylic acids is 1. The van der Waals surface area contributed by atoms with E-state index in [1.807, 2.05) is 10.6 Å². The first-order chi connectivity index (χ1) is 16.0. The monoisotopic (exact) mass is 522 g/mol. The van der Waals surface area contributed by atoms with Gasteiger partial charge in [-0.2, -0.15) is 12.6 Å². The number of fused-ring (bicyclic) bond motifs is 1. The van der Waals surface area contributed by atoms with Crippen molar-refractivity contribution >= 4 is 81.8 Å². The molecule has 0 saturated heterocycles. The molecular formula is C22H21Cl3N6OS. The summed E-state index contributed by atoms with van der Waals surface area (Å²) in [5, 5.41) is 7.32. The van der Waals surface area contributed by atoms with Crippen molar-refractivity contribution in [2.24, 2.45) is 5.73 Å². The maximum absolute atomic E-state index is 12.7. The molecule has 0 radical (unpaired) electrons. The minimum atomic E-state index is -0.325. The summed E-state index contributed by atoms with van der Waals surface area (Å²) in [5.74, 6) is 0.556. The summed E-state index contributed by atoms with van der Waals surface area (Å²) in [6.07, 6.45) is 3.22. The molecule has 11 heteroatoms. The first-order valence-corrected chi connectivity index (χ1v) is 11.8. The van der Waals surface area contributed by atoms with Crippen LogP contribution in [-0.2, 0) is 6.54 Å². The van der Waals surface area contributed by atoms with E-state index in [9.17, 15) is 4.79 Å². The quantitative estimate of drug-likeness (QED) is 0.236. The number of carbonyl (C=O) groups is 1. The number of nitrogens with two attached hydrogens (primary N) is 1. The fraction of sp³-hybridized carbons (Fsp3) is 0.136. The number of nitrogens with one attached hydrogen (secondary N) is 2. The molecule has 4 aromatic rings. The second kappa shape index (κ2) is 11.6. The summed E-state index contributed by atoms with van der Waals surface area (Å²) in [4.78, 5) is 21.4. The number of rotatable bonds is 6. The van der Waals surface area contributed by atoms with Crippen LogP contribution in [0.4, 0.5) is 17.5 Å². The van der Waals surface area contributed by atoms with Crippen LogP contribution >= 0.6 is 47.4 Å². The normalized spacial score (nSPS) is 10.5. The molecule has 0 atom stereocenters. The fourth-order valence-electron chi connectivity index (χ4n) is 3.11. The number of pyridine rings is 1. The van der Waals surface area contributed by atoms with Crippen LogP contribution in [0.1, 0.15) is 10.4 Å². The van der Waals surface area contributed by atoms with E-state index in [-0.39, 0.29) is 5.91 Å². The number of nitrogens with zero attached hydrogens (tertiary/aromatic N) is 3. The third kappa shape index (κ3) is 5.90. The van der Waals surface area contributed by atoms with Crippen LogP contribution in [0.3, 0.4) is 0 Å². The first-order valence-electron chi connectivity index (χ1n) is 9.75. The molecule has 2 heterocycles. The third-order valence-electron chi connectivity index (χ3n) is 4.53. The molecule has 2 aromatic carbocycles. The number of thiol groups is 1. The third-order valence-corrected chi connectivity index (χ3v) is 5.39. The van der Waals surface area contributed by atoms with Crippen LogP contribution in [-0.4, -0.2) is 33.2 Å². The summed E-state index contributed by atoms with van der Waals surface area (Å²) in [5.41, 5.74) is 8.20. The van der Waals surface area contributed by atoms with E-state index >= 15 is 0 Å². The van der Waals surface area contributed by atoms with Gasteiger partial charge in [-0.05, 0) is 48.7 Å². The smallest absolute Gasteiger partial charge is 0.256 e. The average Bonchev–Trinajstić information content (AvgIpc) is 3.14. The largest absolute Gasteiger partial charge is 0.329 e. The Labute approximate surface area is 211 Å². The van der Waals surface area contributed by atoms with Gasteiger partial charge in [-0.1, -0.05) is 40.9 Å². The average molecular weight is 524 g/mol. The Morgan fingerprint density at radius 1 is 1.09 bits per heavy atom. The molecule has 33 heavy (non-hydrogen) atoms. The van der Waals surface area contributed by atoms with E-state index in [0.29, 0.717) is 56.7 Å². The van der Waals surface area contributed by atoms with Gasteiger partial charge < -0.3 is 20.9 Å². The topological polar surface area (TPSA) is 97.9 Å². The molecule has 0 aliphatic rings. The zero-order valence-corrected chi connectivity index (χ0v) is 20.7. The van der Waals surface area contributed by atoms with Crippen molar-refractivity contribution in [1.82, 2.24) is 14.5 Å². The number of hydrogen-bond donors (Lipinski definition) is 4. The van der Waals surface area contributed by atoms with E-state index in [2.05, 4.69) is 33.2 Å². The minimum Gasteiger partial charge on any atom is -0.329 e. The van der Waals surface area contributed by atoms with Crippen LogP contribution < -0.4 is 16.4 Å². The molecule has 172 valence electrons. The van der Waals surface area contributed by atoms with E-state index in [4.69, 9.17) is 40.5 Å². The number of benzene rings is 2. The Balaban J connectivity index is 0.00000149. The zero-order chi connectivity index (χ0) is 24.0. The number of halogens is 3. The molecule has 0 fully saturated rings. The molecule has 4 N–H and O–H groups in total. The standard InChI is InChI=1S/C21H17Cl3N6O.CH4S/c22-13-6-8-26-18(11-13)28-20(31)12-4-5-17-16(10-12)27-21(30(17)9-7-25)29-19-14(23)2-1-3-15(19)24;1-2/h1-6,8,10-11H,7,9,25H2,(H,27,29)(H,26,28,31);2H,1H3. The molecule has 1 amide bonds. The summed E-state index contributed by atoms with van der Waals surface area (Å²) < 4.78 is 1.91. The van der Waals surface area contributed by atoms with Gasteiger partial charge in [0.2, 0.25) is 5.95 Å². The van der Waals surface area contributed by atoms with Crippen molar-refractivity contribution in [2.45, 2.75) is 6.54 Å². The van der Waals surface area contributed by atoms with Gasteiger partial charge in [-0.15, -0.1) is 0 Å². The number of para-hydroxylation sites is 1. The molecule has 7 nitrogen and oxygen atoms in total. The maximum Gasteiger partial charge on any atom is 0.256 e. The lowest BCUT2D eigenvalue weighted by Crippen LogP contribution is -2.13. The number of aromatic nitrogens is 3. The van der Waals surface area contributed by atoms with Crippen molar-refractivity contribution < 1.29 is 4.79 Å². The molecule has 4 rings (SSSR count). The summed E-state index contributed by atoms with van der Waals surface area (Å²) in [6.45, 7) is 0.915. The Bertz CT molecular complexity index is 1260. The van der Waals surface area contributed by atoms with E-state index in [1.165, 1.54) is 6.20 Å². The Morgan fingerprint density at radius 2 is 1.82 bits per heavy atom. The number of amides is 1. The zero-order valence-electron chi connectivity index (χ0n) is 17.5. The van der Waals surface area contributed by atoms with Gasteiger partial charge in [0.25, 0.3) is 5.91 Å². The van der Waals surface area contributed by atoms with Crippen molar-refractivity contribution in [1.29, 1.82) is 0 Å². The van der Waals surface area contributed by atoms with E-state index < -0.39 is 0 Å². The summed E-state index contributed by atoms with van der Waals surface area (Å²) in [7, 11) is 0. The van der Waals surface area contributed by atoms with Gasteiger partial charge in [0.1, 0.15) is 5.82 Å². The highest BCUT2D eigenvalue weighted by Crippen LogP contribution is 2.33. The first kappa shape index (κ1) is 25.1. The maximum atomic E-state index is 12.7. The van der Waals surface area contributed by atoms with Crippen molar-refractivity contribution in [3.8, 4) is 0 Å². The second-order valence-corrected chi connectivity index (χ2v) is 7.87. The molecule has 0 aliphatic heterocycles. The minimum absolute atomic E-state index is 0.325. The lowest BCUT2D eigenvalue weighted by molar-refractivity contribution is 0.102. The lowest BCUT2D eigenvalue weighted by Gasteiger charge is -2.12. The number of anilines is 3. The van der Waals surface area contributed by atoms with Gasteiger partial charge in [0.15, 0.2) is 0 Å². The molecule has 0 saturated carbocycles. The highest BCUT2D eigenvalue weighted by molar-refractivity contribution is 7.79. The summed E-state index contributed by atoms with van der Waals surface area (Å²) in [6, 6.07) is 13.7. The predicted octanol–water partition coefficient (Wildman–Crippen LogP) is 5.89. The van der Waals surface area contributed by atoms with Crippen LogP contribution in [0, 0.1) is 0 Å². The second-order valence-electron chi connectivity index (χ2n) is 6.61. The van der Waals surface area contributed by atoms with Gasteiger partial charge in [-0.3, -0.25) is 4.79 Å². The molecule has 0 bridgehead atoms. The van der Waals surface area contributed by atoms with E-state index in [0.717, 1.165) is 5.52 Å². The Hall–Kier alpha value is -2.49. The van der Waals surface area contributed by atoms with Gasteiger partial charge in [0, 0.05) is 29.9 Å². The Morgan fingerprint density at radius 3 is 2.48 bits per heavy atom. The summed E-state index contributed by atoms with van der Waals surface area (Å²) >= 11 is 22.0. The molecule has 0 aliphatic carbocycles. The van der Waals surface area contributed by atoms with Gasteiger partial charge >= 0.3 is 0 Å². The van der Waals surface area contributed by atoms with Crippen LogP contribution in [0.15, 0.2) is 54.7 Å². The SMILES string of the molecule is CS.NCCn1c(Nc2c(Cl)cccc2Cl)nc2cc(C(=O)Nc3cc(Cl)ccn3)ccc21. The molecular weight excluding hydrogens is 503 g/mol. The van der Waals surface area contributed by atoms with Crippen molar-refractivity contribution in [2.75, 3.05) is 23.4 Å².